The molecule has 2 atom stereocenters. The van der Waals surface area contributed by atoms with Gasteiger partial charge in [-0.3, -0.25) is 4.90 Å². The Labute approximate surface area is 107 Å². The van der Waals surface area contributed by atoms with E-state index in [4.69, 9.17) is 13.9 Å². The first-order valence-electron chi connectivity index (χ1n) is 6.24. The maximum Gasteiger partial charge on any atom is 0.186 e. The van der Waals surface area contributed by atoms with Crippen molar-refractivity contribution in [3.63, 3.8) is 0 Å². The van der Waals surface area contributed by atoms with Crippen molar-refractivity contribution in [2.45, 2.75) is 51.9 Å². The zero-order chi connectivity index (χ0) is 13.5. The highest BCUT2D eigenvalue weighted by Crippen LogP contribution is 2.15. The third kappa shape index (κ3) is 6.52. The van der Waals surface area contributed by atoms with E-state index in [0.717, 1.165) is 19.0 Å². The third-order valence-corrected chi connectivity index (χ3v) is 6.03. The lowest BCUT2D eigenvalue weighted by Crippen LogP contribution is -2.43. The molecule has 0 heterocycles. The van der Waals surface area contributed by atoms with Crippen LogP contribution in [0.5, 0.6) is 0 Å². The summed E-state index contributed by atoms with van der Waals surface area (Å²) in [6.45, 7) is 9.57. The molecule has 0 radical (unpaired) electrons. The number of methoxy groups -OCH3 is 2. The summed E-state index contributed by atoms with van der Waals surface area (Å²) < 4.78 is 16.3. The molecule has 0 saturated carbocycles. The van der Waals surface area contributed by atoms with E-state index in [-0.39, 0.29) is 12.5 Å². The van der Waals surface area contributed by atoms with Crippen LogP contribution in [0.1, 0.15) is 20.3 Å². The van der Waals surface area contributed by atoms with Crippen LogP contribution in [-0.4, -0.2) is 53.5 Å². The fourth-order valence-corrected chi connectivity index (χ4v) is 2.93. The van der Waals surface area contributed by atoms with Gasteiger partial charge in [-0.2, -0.15) is 0 Å². The minimum Gasteiger partial charge on any atom is -0.420 e. The quantitative estimate of drug-likeness (QED) is 0.472. The van der Waals surface area contributed by atoms with Crippen LogP contribution in [0.2, 0.25) is 19.1 Å². The van der Waals surface area contributed by atoms with Crippen LogP contribution in [0, 0.1) is 0 Å². The molecule has 0 bridgehead atoms. The van der Waals surface area contributed by atoms with Crippen LogP contribution in [-0.2, 0) is 13.9 Å². The van der Waals surface area contributed by atoms with E-state index in [0.29, 0.717) is 0 Å². The average Bonchev–Trinajstić information content (AvgIpc) is 2.32. The smallest absolute Gasteiger partial charge is 0.186 e. The lowest BCUT2D eigenvalue weighted by Gasteiger charge is -2.33. The van der Waals surface area contributed by atoms with Gasteiger partial charge in [0.1, 0.15) is 12.5 Å². The minimum absolute atomic E-state index is 0.0808. The first kappa shape index (κ1) is 17.1. The summed E-state index contributed by atoms with van der Waals surface area (Å²) in [5.74, 6) is 0. The Balaban J connectivity index is 4.18. The third-order valence-electron chi connectivity index (χ3n) is 3.36. The van der Waals surface area contributed by atoms with E-state index < -0.39 is 8.32 Å². The van der Waals surface area contributed by atoms with Gasteiger partial charge in [0.05, 0.1) is 0 Å². The standard InChI is InChI=1S/C12H29NO3Si/c1-11(14-3)13(12(2)15-4)9-8-10-17(6,7)16-5/h11-12H,8-10H2,1-7H3. The van der Waals surface area contributed by atoms with Crippen LogP contribution >= 0.6 is 0 Å². The summed E-state index contributed by atoms with van der Waals surface area (Å²) in [5, 5.41) is 0. The van der Waals surface area contributed by atoms with E-state index in [1.807, 2.05) is 7.11 Å². The molecule has 5 heteroatoms. The number of rotatable bonds is 9. The molecule has 0 aromatic carbocycles. The molecule has 0 aromatic rings. The molecule has 0 rings (SSSR count). The summed E-state index contributed by atoms with van der Waals surface area (Å²) >= 11 is 0. The molecule has 0 N–H and O–H groups in total. The van der Waals surface area contributed by atoms with E-state index in [2.05, 4.69) is 31.8 Å². The molecular weight excluding hydrogens is 234 g/mol. The molecule has 17 heavy (non-hydrogen) atoms. The lowest BCUT2D eigenvalue weighted by atomic mass is 10.3. The Morgan fingerprint density at radius 3 is 1.82 bits per heavy atom. The van der Waals surface area contributed by atoms with Crippen molar-refractivity contribution < 1.29 is 13.9 Å². The molecule has 0 spiro atoms. The summed E-state index contributed by atoms with van der Waals surface area (Å²) in [5.41, 5.74) is 0. The van der Waals surface area contributed by atoms with Gasteiger partial charge >= 0.3 is 0 Å². The summed E-state index contributed by atoms with van der Waals surface area (Å²) in [4.78, 5) is 2.22. The molecule has 0 amide bonds. The Bertz CT molecular complexity index is 192. The van der Waals surface area contributed by atoms with Crippen molar-refractivity contribution >= 4 is 8.32 Å². The molecule has 0 aliphatic rings. The highest BCUT2D eigenvalue weighted by atomic mass is 28.4. The predicted octanol–water partition coefficient (Wildman–Crippen LogP) is 2.51. The molecule has 104 valence electrons. The summed E-state index contributed by atoms with van der Waals surface area (Å²) in [7, 11) is 3.84. The normalized spacial score (nSPS) is 16.2. The number of hydrogen-bond donors (Lipinski definition) is 0. The van der Waals surface area contributed by atoms with E-state index in [9.17, 15) is 0 Å². The van der Waals surface area contributed by atoms with Gasteiger partial charge in [0.2, 0.25) is 0 Å². The van der Waals surface area contributed by atoms with Gasteiger partial charge in [0.15, 0.2) is 8.32 Å². The zero-order valence-corrected chi connectivity index (χ0v) is 13.4. The van der Waals surface area contributed by atoms with Crippen molar-refractivity contribution in [1.29, 1.82) is 0 Å². The fraction of sp³-hybridized carbons (Fsp3) is 1.00. The van der Waals surface area contributed by atoms with Gasteiger partial charge in [-0.05, 0) is 39.4 Å². The van der Waals surface area contributed by atoms with Gasteiger partial charge in [-0.15, -0.1) is 0 Å². The number of ether oxygens (including phenoxy) is 2. The Morgan fingerprint density at radius 2 is 1.47 bits per heavy atom. The zero-order valence-electron chi connectivity index (χ0n) is 12.4. The summed E-state index contributed by atoms with van der Waals surface area (Å²) in [6, 6.07) is 1.16. The van der Waals surface area contributed by atoms with Crippen LogP contribution in [0.15, 0.2) is 0 Å². The van der Waals surface area contributed by atoms with Crippen LogP contribution < -0.4 is 0 Å². The van der Waals surface area contributed by atoms with Gasteiger partial charge in [-0.25, -0.2) is 0 Å². The molecule has 2 unspecified atom stereocenters. The molecule has 0 aromatic heterocycles. The van der Waals surface area contributed by atoms with Crippen molar-refractivity contribution in [3.8, 4) is 0 Å². The molecule has 0 aliphatic heterocycles. The predicted molar refractivity (Wildman–Crippen MR) is 73.6 cm³/mol. The topological polar surface area (TPSA) is 30.9 Å². The van der Waals surface area contributed by atoms with E-state index >= 15 is 0 Å². The second-order valence-electron chi connectivity index (χ2n) is 4.98. The molecule has 0 saturated heterocycles. The first-order valence-corrected chi connectivity index (χ1v) is 9.36. The van der Waals surface area contributed by atoms with Gasteiger partial charge in [0, 0.05) is 27.9 Å². The maximum atomic E-state index is 5.55. The van der Waals surface area contributed by atoms with Crippen molar-refractivity contribution in [1.82, 2.24) is 4.90 Å². The molecule has 4 nitrogen and oxygen atoms in total. The number of hydrogen-bond acceptors (Lipinski definition) is 4. The Morgan fingerprint density at radius 1 is 1.00 bits per heavy atom. The first-order chi connectivity index (χ1) is 7.87. The van der Waals surface area contributed by atoms with Gasteiger partial charge in [-0.1, -0.05) is 0 Å². The van der Waals surface area contributed by atoms with Crippen molar-refractivity contribution in [2.24, 2.45) is 0 Å². The molecular formula is C12H29NO3Si. The van der Waals surface area contributed by atoms with Crippen LogP contribution in [0.3, 0.4) is 0 Å². The van der Waals surface area contributed by atoms with E-state index in [1.165, 1.54) is 0 Å². The monoisotopic (exact) mass is 263 g/mol. The minimum atomic E-state index is -1.44. The Kier molecular flexibility index (Phi) is 8.24. The highest BCUT2D eigenvalue weighted by molar-refractivity contribution is 6.71. The van der Waals surface area contributed by atoms with Crippen molar-refractivity contribution in [3.05, 3.63) is 0 Å². The fourth-order valence-electron chi connectivity index (χ4n) is 1.72. The maximum absolute atomic E-state index is 5.55. The van der Waals surface area contributed by atoms with Crippen LogP contribution in [0.4, 0.5) is 0 Å². The lowest BCUT2D eigenvalue weighted by molar-refractivity contribution is -0.116. The van der Waals surface area contributed by atoms with Gasteiger partial charge < -0.3 is 13.9 Å². The van der Waals surface area contributed by atoms with Crippen molar-refractivity contribution in [2.75, 3.05) is 27.9 Å². The molecule has 0 fully saturated rings. The average molecular weight is 263 g/mol. The second-order valence-corrected chi connectivity index (χ2v) is 9.40. The SMILES string of the molecule is COC(C)N(CCC[Si](C)(C)OC)C(C)OC. The number of nitrogens with zero attached hydrogens (tertiary/aromatic N) is 1. The molecule has 0 aliphatic carbocycles. The summed E-state index contributed by atoms with van der Waals surface area (Å²) in [6.07, 6.45) is 1.28. The Hall–Kier alpha value is 0.0569. The second kappa shape index (κ2) is 8.21. The largest absolute Gasteiger partial charge is 0.420 e. The van der Waals surface area contributed by atoms with Gasteiger partial charge in [0.25, 0.3) is 0 Å². The highest BCUT2D eigenvalue weighted by Gasteiger charge is 2.23. The van der Waals surface area contributed by atoms with E-state index in [1.54, 1.807) is 14.2 Å². The van der Waals surface area contributed by atoms with Crippen LogP contribution in [0.25, 0.3) is 0 Å².